The lowest BCUT2D eigenvalue weighted by molar-refractivity contribution is 0.718. The van der Waals surface area contributed by atoms with Gasteiger partial charge in [0, 0.05) is 41.0 Å². The van der Waals surface area contributed by atoms with Gasteiger partial charge >= 0.3 is 0 Å². The number of hydrogen-bond donors (Lipinski definition) is 2. The molecule has 0 saturated carbocycles. The molecule has 1 aliphatic rings. The van der Waals surface area contributed by atoms with Crippen LogP contribution in [0.5, 0.6) is 0 Å². The second kappa shape index (κ2) is 15.6. The van der Waals surface area contributed by atoms with Crippen LogP contribution in [0.15, 0.2) is 71.8 Å². The van der Waals surface area contributed by atoms with Crippen molar-refractivity contribution in [2.24, 2.45) is 4.99 Å². The van der Waals surface area contributed by atoms with Gasteiger partial charge in [-0.2, -0.15) is 0 Å². The molecule has 1 aliphatic heterocycles. The molecule has 0 spiro atoms. The molecular weight excluding hydrogens is 386 g/mol. The number of para-hydroxylation sites is 1. The fraction of sp³-hybridized carbons (Fsp3) is 0.346. The standard InChI is InChI=1S/C13H11NS.C9H14.C4H12N2/c1-9-6-11-8-14-12-5-3-2-4-10(12)7-13(11)15-9;1-4-6-8-9(3)7-5-2;1-5-3-4-6-2/h2-6,8H,7H2,1H3;5-8H,2,4H2,1,3H3;5-6H,3-4H2,1-2H3/b;8-6+,9-7-;. The molecule has 0 bridgehead atoms. The molecule has 30 heavy (non-hydrogen) atoms. The predicted octanol–water partition coefficient (Wildman–Crippen LogP) is 6.22. The molecule has 0 amide bonds. The summed E-state index contributed by atoms with van der Waals surface area (Å²) in [4.78, 5) is 7.32. The van der Waals surface area contributed by atoms with Crippen molar-refractivity contribution in [2.75, 3.05) is 27.2 Å². The van der Waals surface area contributed by atoms with E-state index in [9.17, 15) is 0 Å². The summed E-state index contributed by atoms with van der Waals surface area (Å²) in [5, 5.41) is 6.01. The number of rotatable bonds is 6. The van der Waals surface area contributed by atoms with Crippen molar-refractivity contribution in [3.63, 3.8) is 0 Å². The summed E-state index contributed by atoms with van der Waals surface area (Å²) in [6.45, 7) is 12.0. The van der Waals surface area contributed by atoms with Gasteiger partial charge in [-0.25, -0.2) is 0 Å². The van der Waals surface area contributed by atoms with E-state index in [-0.39, 0.29) is 0 Å². The Kier molecular flexibility index (Phi) is 13.4. The fourth-order valence-electron chi connectivity index (χ4n) is 2.72. The molecule has 0 atom stereocenters. The Morgan fingerprint density at radius 2 is 1.90 bits per heavy atom. The second-order valence-corrected chi connectivity index (χ2v) is 8.30. The minimum Gasteiger partial charge on any atom is -0.318 e. The highest BCUT2D eigenvalue weighted by Gasteiger charge is 2.11. The highest BCUT2D eigenvalue weighted by atomic mass is 32.1. The van der Waals surface area contributed by atoms with Crippen molar-refractivity contribution < 1.29 is 0 Å². The van der Waals surface area contributed by atoms with Gasteiger partial charge in [0.25, 0.3) is 0 Å². The van der Waals surface area contributed by atoms with Crippen molar-refractivity contribution in [3.8, 4) is 0 Å². The first-order valence-electron chi connectivity index (χ1n) is 10.5. The lowest BCUT2D eigenvalue weighted by Gasteiger charge is -2.00. The predicted molar refractivity (Wildman–Crippen MR) is 137 cm³/mol. The Morgan fingerprint density at radius 1 is 1.20 bits per heavy atom. The van der Waals surface area contributed by atoms with Crippen LogP contribution in [0.3, 0.4) is 0 Å². The van der Waals surface area contributed by atoms with Gasteiger partial charge in [-0.1, -0.05) is 61.6 Å². The molecule has 0 unspecified atom stereocenters. The van der Waals surface area contributed by atoms with Gasteiger partial charge in [-0.3, -0.25) is 4.99 Å². The summed E-state index contributed by atoms with van der Waals surface area (Å²) in [6, 6.07) is 10.6. The summed E-state index contributed by atoms with van der Waals surface area (Å²) in [6.07, 6.45) is 12.1. The van der Waals surface area contributed by atoms with Crippen molar-refractivity contribution in [3.05, 3.63) is 87.7 Å². The Balaban J connectivity index is 0.000000258. The molecule has 2 N–H and O–H groups in total. The van der Waals surface area contributed by atoms with Gasteiger partial charge in [-0.05, 0) is 52.1 Å². The number of allylic oxidation sites excluding steroid dienone is 5. The maximum Gasteiger partial charge on any atom is 0.0665 e. The van der Waals surface area contributed by atoms with Gasteiger partial charge in [0.2, 0.25) is 0 Å². The molecule has 4 heteroatoms. The van der Waals surface area contributed by atoms with Crippen LogP contribution >= 0.6 is 11.3 Å². The summed E-state index contributed by atoms with van der Waals surface area (Å²) in [5.41, 5.74) is 4.98. The van der Waals surface area contributed by atoms with Crippen LogP contribution in [0.4, 0.5) is 5.69 Å². The van der Waals surface area contributed by atoms with E-state index in [1.54, 1.807) is 6.08 Å². The molecule has 162 valence electrons. The highest BCUT2D eigenvalue weighted by molar-refractivity contribution is 7.12. The van der Waals surface area contributed by atoms with Gasteiger partial charge < -0.3 is 10.6 Å². The van der Waals surface area contributed by atoms with Crippen LogP contribution in [-0.2, 0) is 6.42 Å². The Bertz CT molecular complexity index is 840. The maximum absolute atomic E-state index is 4.52. The van der Waals surface area contributed by atoms with E-state index in [0.717, 1.165) is 31.6 Å². The molecule has 2 aromatic rings. The third-order valence-corrected chi connectivity index (χ3v) is 5.34. The number of benzene rings is 1. The number of aliphatic imine (C=N–C) groups is 1. The molecule has 1 aromatic carbocycles. The molecule has 3 rings (SSSR count). The van der Waals surface area contributed by atoms with Crippen LogP contribution in [0.25, 0.3) is 0 Å². The molecule has 0 saturated heterocycles. The lowest BCUT2D eigenvalue weighted by atomic mass is 10.1. The van der Waals surface area contributed by atoms with Crippen LogP contribution in [-0.4, -0.2) is 33.4 Å². The van der Waals surface area contributed by atoms with Crippen LogP contribution in [0.1, 0.15) is 41.1 Å². The van der Waals surface area contributed by atoms with E-state index in [1.165, 1.54) is 26.5 Å². The van der Waals surface area contributed by atoms with Crippen LogP contribution < -0.4 is 10.6 Å². The number of thiophene rings is 1. The zero-order chi connectivity index (χ0) is 22.2. The van der Waals surface area contributed by atoms with E-state index in [1.807, 2.05) is 43.8 Å². The number of aryl methyl sites for hydroxylation is 1. The number of nitrogens with zero attached hydrogens (tertiary/aromatic N) is 1. The van der Waals surface area contributed by atoms with Crippen molar-refractivity contribution in [2.45, 2.75) is 33.6 Å². The topological polar surface area (TPSA) is 36.4 Å². The van der Waals surface area contributed by atoms with E-state index in [2.05, 4.69) is 79.4 Å². The third-order valence-electron chi connectivity index (χ3n) is 4.27. The van der Waals surface area contributed by atoms with E-state index >= 15 is 0 Å². The van der Waals surface area contributed by atoms with Crippen molar-refractivity contribution >= 4 is 23.2 Å². The van der Waals surface area contributed by atoms with Gasteiger partial charge in [0.05, 0.1) is 5.69 Å². The van der Waals surface area contributed by atoms with Gasteiger partial charge in [0.1, 0.15) is 0 Å². The quantitative estimate of drug-likeness (QED) is 0.365. The zero-order valence-electron chi connectivity index (χ0n) is 19.2. The lowest BCUT2D eigenvalue weighted by Crippen LogP contribution is -2.21. The zero-order valence-corrected chi connectivity index (χ0v) is 20.0. The van der Waals surface area contributed by atoms with Gasteiger partial charge in [0.15, 0.2) is 0 Å². The first kappa shape index (κ1) is 25.8. The van der Waals surface area contributed by atoms with E-state index < -0.39 is 0 Å². The maximum atomic E-state index is 4.52. The minimum atomic E-state index is 1.02. The Hall–Kier alpha value is -2.27. The molecule has 1 aromatic heterocycles. The number of fused-ring (bicyclic) bond motifs is 2. The number of nitrogens with one attached hydrogen (secondary N) is 2. The summed E-state index contributed by atoms with van der Waals surface area (Å²) in [5.74, 6) is 0. The first-order chi connectivity index (χ1) is 14.5. The summed E-state index contributed by atoms with van der Waals surface area (Å²) >= 11 is 1.88. The summed E-state index contributed by atoms with van der Waals surface area (Å²) in [7, 11) is 3.88. The number of hydrogen-bond acceptors (Lipinski definition) is 4. The normalized spacial score (nSPS) is 12.1. The third kappa shape index (κ3) is 9.97. The molecule has 0 aliphatic carbocycles. The second-order valence-electron chi connectivity index (χ2n) is 6.96. The Labute approximate surface area is 187 Å². The monoisotopic (exact) mass is 423 g/mol. The average molecular weight is 424 g/mol. The smallest absolute Gasteiger partial charge is 0.0665 e. The van der Waals surface area contributed by atoms with Crippen molar-refractivity contribution in [1.82, 2.24) is 10.6 Å². The molecule has 0 radical (unpaired) electrons. The SMILES string of the molecule is C=C/C=C(C)\C=C\CC.CNCCNC.Cc1cc2c(s1)Cc1ccccc1N=C2. The fourth-order valence-corrected chi connectivity index (χ4v) is 3.75. The highest BCUT2D eigenvalue weighted by Crippen LogP contribution is 2.30. The largest absolute Gasteiger partial charge is 0.318 e. The molecule has 0 fully saturated rings. The van der Waals surface area contributed by atoms with Crippen LogP contribution in [0, 0.1) is 6.92 Å². The molecule has 3 nitrogen and oxygen atoms in total. The Morgan fingerprint density at radius 3 is 2.53 bits per heavy atom. The molecular formula is C26H37N3S. The first-order valence-corrected chi connectivity index (χ1v) is 11.3. The van der Waals surface area contributed by atoms with E-state index in [4.69, 9.17) is 0 Å². The van der Waals surface area contributed by atoms with Crippen molar-refractivity contribution in [1.29, 1.82) is 0 Å². The van der Waals surface area contributed by atoms with Gasteiger partial charge in [-0.15, -0.1) is 11.3 Å². The van der Waals surface area contributed by atoms with Crippen LogP contribution in [0.2, 0.25) is 0 Å². The summed E-state index contributed by atoms with van der Waals surface area (Å²) < 4.78 is 0. The minimum absolute atomic E-state index is 1.02. The van der Waals surface area contributed by atoms with E-state index in [0.29, 0.717) is 0 Å². The molecule has 2 heterocycles. The number of likely N-dealkylation sites (N-methyl/N-ethyl adjacent to an activating group) is 2. The average Bonchev–Trinajstić information content (AvgIpc) is 3.01.